The first-order chi connectivity index (χ1) is 9.43. The van der Waals surface area contributed by atoms with E-state index in [9.17, 15) is 0 Å². The van der Waals surface area contributed by atoms with E-state index in [4.69, 9.17) is 18.9 Å². The Hall–Kier alpha value is -1.68. The fourth-order valence-electron chi connectivity index (χ4n) is 2.38. The van der Waals surface area contributed by atoms with E-state index in [1.165, 1.54) is 0 Å². The van der Waals surface area contributed by atoms with E-state index in [2.05, 4.69) is 0 Å². The minimum atomic E-state index is -0.336. The zero-order chi connectivity index (χ0) is 14.9. The van der Waals surface area contributed by atoms with Gasteiger partial charge in [-0.15, -0.1) is 0 Å². The molecule has 0 unspecified atom stereocenters. The summed E-state index contributed by atoms with van der Waals surface area (Å²) in [5.41, 5.74) is 1.48. The van der Waals surface area contributed by atoms with Crippen LogP contribution in [0.5, 0.6) is 17.2 Å². The monoisotopic (exact) mass is 278 g/mol. The number of fused-ring (bicyclic) bond motifs is 1. The number of hydrogen-bond donors (Lipinski definition) is 0. The third-order valence-corrected chi connectivity index (χ3v) is 3.49. The third kappa shape index (κ3) is 2.48. The van der Waals surface area contributed by atoms with Crippen molar-refractivity contribution in [2.45, 2.75) is 32.5 Å². The van der Waals surface area contributed by atoms with Gasteiger partial charge in [0.1, 0.15) is 22.8 Å². The maximum Gasteiger partial charge on any atom is 0.139 e. The molecule has 1 atom stereocenters. The third-order valence-electron chi connectivity index (χ3n) is 3.49. The first-order valence-corrected chi connectivity index (χ1v) is 6.63. The van der Waals surface area contributed by atoms with Crippen molar-refractivity contribution in [2.75, 3.05) is 21.3 Å². The molecule has 1 aliphatic heterocycles. The van der Waals surface area contributed by atoms with Crippen LogP contribution < -0.4 is 14.2 Å². The van der Waals surface area contributed by atoms with Gasteiger partial charge in [-0.1, -0.05) is 0 Å². The van der Waals surface area contributed by atoms with Gasteiger partial charge in [0.05, 0.1) is 31.5 Å². The molecule has 0 fully saturated rings. The molecule has 0 spiro atoms. The van der Waals surface area contributed by atoms with Crippen molar-refractivity contribution in [3.63, 3.8) is 0 Å². The van der Waals surface area contributed by atoms with Crippen molar-refractivity contribution in [1.82, 2.24) is 0 Å². The Kier molecular flexibility index (Phi) is 3.95. The lowest BCUT2D eigenvalue weighted by Gasteiger charge is -2.30. The molecule has 20 heavy (non-hydrogen) atoms. The highest BCUT2D eigenvalue weighted by molar-refractivity contribution is 5.72. The molecule has 0 bridgehead atoms. The molecule has 0 aliphatic carbocycles. The Balaban J connectivity index is 2.67. The second-order valence-electron chi connectivity index (χ2n) is 5.35. The van der Waals surface area contributed by atoms with E-state index >= 15 is 0 Å². The van der Waals surface area contributed by atoms with Crippen molar-refractivity contribution < 1.29 is 18.9 Å². The van der Waals surface area contributed by atoms with Crippen molar-refractivity contribution >= 4 is 6.08 Å². The van der Waals surface area contributed by atoms with Crippen molar-refractivity contribution in [3.05, 3.63) is 23.3 Å². The quantitative estimate of drug-likeness (QED) is 0.843. The van der Waals surface area contributed by atoms with Crippen LogP contribution in [0.25, 0.3) is 6.08 Å². The van der Waals surface area contributed by atoms with Crippen LogP contribution in [0.1, 0.15) is 38.0 Å². The molecule has 1 heterocycles. The fraction of sp³-hybridized carbons (Fsp3) is 0.500. The summed E-state index contributed by atoms with van der Waals surface area (Å²) < 4.78 is 22.5. The van der Waals surface area contributed by atoms with Gasteiger partial charge in [0.25, 0.3) is 0 Å². The summed E-state index contributed by atoms with van der Waals surface area (Å²) in [5, 5.41) is 0. The van der Waals surface area contributed by atoms with Crippen LogP contribution in [0.4, 0.5) is 0 Å². The zero-order valence-corrected chi connectivity index (χ0v) is 12.9. The molecule has 1 aromatic rings. The second kappa shape index (κ2) is 5.37. The summed E-state index contributed by atoms with van der Waals surface area (Å²) >= 11 is 0. The molecule has 0 saturated carbocycles. The van der Waals surface area contributed by atoms with Gasteiger partial charge in [0.15, 0.2) is 0 Å². The van der Waals surface area contributed by atoms with Gasteiger partial charge in [-0.05, 0) is 32.9 Å². The van der Waals surface area contributed by atoms with Crippen molar-refractivity contribution in [1.29, 1.82) is 0 Å². The average Bonchev–Trinajstić information content (AvgIpc) is 2.43. The van der Waals surface area contributed by atoms with Gasteiger partial charge in [-0.2, -0.15) is 0 Å². The molecule has 0 N–H and O–H groups in total. The van der Waals surface area contributed by atoms with Gasteiger partial charge in [-0.25, -0.2) is 0 Å². The first-order valence-electron chi connectivity index (χ1n) is 6.63. The van der Waals surface area contributed by atoms with Crippen LogP contribution in [0, 0.1) is 0 Å². The molecule has 0 saturated heterocycles. The van der Waals surface area contributed by atoms with E-state index in [-0.39, 0.29) is 11.7 Å². The molecular weight excluding hydrogens is 256 g/mol. The van der Waals surface area contributed by atoms with Crippen LogP contribution >= 0.6 is 0 Å². The molecule has 110 valence electrons. The SMILES string of the molecule is COc1cc2c(c(OC)c1[C@@H](C)OC)C=CC(C)(C)O2. The molecule has 2 rings (SSSR count). The Labute approximate surface area is 120 Å². The largest absolute Gasteiger partial charge is 0.496 e. The van der Waals surface area contributed by atoms with Crippen molar-refractivity contribution in [3.8, 4) is 17.2 Å². The highest BCUT2D eigenvalue weighted by Crippen LogP contribution is 2.46. The van der Waals surface area contributed by atoms with Crippen LogP contribution in [-0.2, 0) is 4.74 Å². The second-order valence-corrected chi connectivity index (χ2v) is 5.35. The average molecular weight is 278 g/mol. The predicted molar refractivity (Wildman–Crippen MR) is 78.7 cm³/mol. The Morgan fingerprint density at radius 1 is 1.15 bits per heavy atom. The number of benzene rings is 1. The van der Waals surface area contributed by atoms with Gasteiger partial charge in [0.2, 0.25) is 0 Å². The van der Waals surface area contributed by atoms with Gasteiger partial charge >= 0.3 is 0 Å². The van der Waals surface area contributed by atoms with E-state index in [1.54, 1.807) is 21.3 Å². The predicted octanol–water partition coefficient (Wildman–Crippen LogP) is 3.60. The minimum absolute atomic E-state index is 0.131. The molecule has 0 aromatic heterocycles. The molecular formula is C16H22O4. The molecule has 1 aliphatic rings. The van der Waals surface area contributed by atoms with E-state index < -0.39 is 0 Å². The van der Waals surface area contributed by atoms with E-state index in [1.807, 2.05) is 39.0 Å². The smallest absolute Gasteiger partial charge is 0.139 e. The Bertz CT molecular complexity index is 532. The van der Waals surface area contributed by atoms with Gasteiger partial charge in [0, 0.05) is 13.2 Å². The first kappa shape index (κ1) is 14.7. The molecule has 4 nitrogen and oxygen atoms in total. The lowest BCUT2D eigenvalue weighted by molar-refractivity contribution is 0.113. The van der Waals surface area contributed by atoms with Crippen LogP contribution in [-0.4, -0.2) is 26.9 Å². The van der Waals surface area contributed by atoms with Gasteiger partial charge in [-0.3, -0.25) is 0 Å². The lowest BCUT2D eigenvalue weighted by atomic mass is 9.97. The normalized spacial score (nSPS) is 17.1. The Morgan fingerprint density at radius 2 is 1.85 bits per heavy atom. The fourth-order valence-corrected chi connectivity index (χ4v) is 2.38. The number of methoxy groups -OCH3 is 3. The standard InChI is InChI=1S/C16H22O4/c1-10(17-4)14-13(18-5)9-12-11(15(14)19-6)7-8-16(2,3)20-12/h7-10H,1-6H3/t10-/m1/s1. The summed E-state index contributed by atoms with van der Waals surface area (Å²) in [6.45, 7) is 5.98. The Morgan fingerprint density at radius 3 is 2.40 bits per heavy atom. The summed E-state index contributed by atoms with van der Waals surface area (Å²) in [4.78, 5) is 0. The van der Waals surface area contributed by atoms with Crippen LogP contribution in [0.2, 0.25) is 0 Å². The van der Waals surface area contributed by atoms with Crippen LogP contribution in [0.15, 0.2) is 12.1 Å². The molecule has 0 radical (unpaired) electrons. The molecule has 1 aromatic carbocycles. The maximum atomic E-state index is 5.99. The number of ether oxygens (including phenoxy) is 4. The number of rotatable bonds is 4. The summed E-state index contributed by atoms with van der Waals surface area (Å²) in [7, 11) is 4.95. The number of hydrogen-bond acceptors (Lipinski definition) is 4. The molecule has 0 amide bonds. The topological polar surface area (TPSA) is 36.9 Å². The van der Waals surface area contributed by atoms with E-state index in [0.29, 0.717) is 5.75 Å². The maximum absolute atomic E-state index is 5.99. The highest BCUT2D eigenvalue weighted by atomic mass is 16.5. The van der Waals surface area contributed by atoms with Crippen LogP contribution in [0.3, 0.4) is 0 Å². The molecule has 4 heteroatoms. The minimum Gasteiger partial charge on any atom is -0.496 e. The van der Waals surface area contributed by atoms with Crippen molar-refractivity contribution in [2.24, 2.45) is 0 Å². The summed E-state index contributed by atoms with van der Waals surface area (Å²) in [6.07, 6.45) is 3.92. The highest BCUT2D eigenvalue weighted by Gasteiger charge is 2.29. The van der Waals surface area contributed by atoms with Gasteiger partial charge < -0.3 is 18.9 Å². The zero-order valence-electron chi connectivity index (χ0n) is 12.9. The summed E-state index contributed by atoms with van der Waals surface area (Å²) in [5.74, 6) is 2.21. The summed E-state index contributed by atoms with van der Waals surface area (Å²) in [6, 6.07) is 1.90. The van der Waals surface area contributed by atoms with E-state index in [0.717, 1.165) is 22.6 Å². The lowest BCUT2D eigenvalue weighted by Crippen LogP contribution is -2.27.